The average Bonchev–Trinajstić information content (AvgIpc) is 2.80. The summed E-state index contributed by atoms with van der Waals surface area (Å²) in [5.74, 6) is -1.73. The Morgan fingerprint density at radius 3 is 2.48 bits per heavy atom. The van der Waals surface area contributed by atoms with Crippen LogP contribution in [0.4, 0.5) is 15.8 Å². The highest BCUT2D eigenvalue weighted by atomic mass is 32.2. The number of nitrogens with one attached hydrogen (secondary N) is 3. The molecule has 33 heavy (non-hydrogen) atoms. The summed E-state index contributed by atoms with van der Waals surface area (Å²) in [6, 6.07) is 11.4. The second kappa shape index (κ2) is 10.2. The molecule has 0 aliphatic rings. The van der Waals surface area contributed by atoms with Crippen LogP contribution < -0.4 is 20.1 Å². The number of hydrogen-bond acceptors (Lipinski definition) is 6. The Bertz CT molecular complexity index is 1270. The Kier molecular flexibility index (Phi) is 7.36. The van der Waals surface area contributed by atoms with Crippen LogP contribution in [0.1, 0.15) is 17.3 Å². The smallest absolute Gasteiger partial charge is 0.257 e. The number of carbonyl (C=O) groups excluding carboxylic acids is 2. The lowest BCUT2D eigenvalue weighted by molar-refractivity contribution is -0.117. The van der Waals surface area contributed by atoms with Crippen LogP contribution in [-0.4, -0.2) is 38.4 Å². The molecule has 9 nitrogen and oxygen atoms in total. The topological polar surface area (TPSA) is 126 Å². The molecule has 0 fully saturated rings. The lowest BCUT2D eigenvalue weighted by atomic mass is 10.2. The van der Waals surface area contributed by atoms with Gasteiger partial charge in [0.25, 0.3) is 5.91 Å². The Hall–Kier alpha value is -3.83. The number of halogens is 1. The van der Waals surface area contributed by atoms with E-state index >= 15 is 0 Å². The third kappa shape index (κ3) is 5.90. The molecule has 0 bridgehead atoms. The van der Waals surface area contributed by atoms with Gasteiger partial charge in [0.15, 0.2) is 0 Å². The van der Waals surface area contributed by atoms with Crippen LogP contribution in [0.15, 0.2) is 71.9 Å². The van der Waals surface area contributed by atoms with E-state index in [1.54, 1.807) is 18.3 Å². The Balaban J connectivity index is 1.69. The third-order valence-electron chi connectivity index (χ3n) is 4.49. The molecule has 0 aliphatic heterocycles. The van der Waals surface area contributed by atoms with Gasteiger partial charge >= 0.3 is 0 Å². The second-order valence-corrected chi connectivity index (χ2v) is 8.56. The Morgan fingerprint density at radius 2 is 1.82 bits per heavy atom. The fourth-order valence-corrected chi connectivity index (χ4v) is 4.11. The zero-order valence-corrected chi connectivity index (χ0v) is 18.5. The molecule has 0 aliphatic carbocycles. The highest BCUT2D eigenvalue weighted by molar-refractivity contribution is 7.89. The van der Waals surface area contributed by atoms with Gasteiger partial charge in [-0.15, -0.1) is 0 Å². The van der Waals surface area contributed by atoms with Crippen molar-refractivity contribution in [2.24, 2.45) is 0 Å². The number of amides is 2. The van der Waals surface area contributed by atoms with Gasteiger partial charge in [0.05, 0.1) is 24.4 Å². The highest BCUT2D eigenvalue weighted by Crippen LogP contribution is 2.28. The normalized spacial score (nSPS) is 12.0. The van der Waals surface area contributed by atoms with Gasteiger partial charge in [0.2, 0.25) is 15.9 Å². The fourth-order valence-electron chi connectivity index (χ4n) is 2.83. The summed E-state index contributed by atoms with van der Waals surface area (Å²) in [7, 11) is -2.86. The van der Waals surface area contributed by atoms with Crippen LogP contribution in [0, 0.1) is 5.82 Å². The molecule has 1 heterocycles. The molecule has 2 amide bonds. The van der Waals surface area contributed by atoms with E-state index in [0.717, 1.165) is 12.1 Å². The molecule has 2 aromatic carbocycles. The number of nitrogens with zero attached hydrogens (tertiary/aromatic N) is 1. The standard InChI is InChI=1S/C22H21FN4O5S/c1-14(27-33(30,31)20-8-4-3-7-17(20)23)21(28)25-16-9-10-18(19(12-16)32-2)26-22(29)15-6-5-11-24-13-15/h3-14,27H,1-2H3,(H,25,28)(H,26,29)/t14-/m0/s1. The summed E-state index contributed by atoms with van der Waals surface area (Å²) in [4.78, 5) is 28.2. The molecule has 1 atom stereocenters. The first-order valence-corrected chi connectivity index (χ1v) is 11.2. The lowest BCUT2D eigenvalue weighted by Crippen LogP contribution is -2.41. The first-order valence-electron chi connectivity index (χ1n) is 9.68. The van der Waals surface area contributed by atoms with Crippen LogP contribution in [0.25, 0.3) is 0 Å². The fraction of sp³-hybridized carbons (Fsp3) is 0.136. The quantitative estimate of drug-likeness (QED) is 0.463. The molecule has 1 aromatic heterocycles. The van der Waals surface area contributed by atoms with Crippen molar-refractivity contribution in [1.82, 2.24) is 9.71 Å². The largest absolute Gasteiger partial charge is 0.494 e. The van der Waals surface area contributed by atoms with Crippen molar-refractivity contribution < 1.29 is 27.1 Å². The van der Waals surface area contributed by atoms with Crippen LogP contribution in [0.3, 0.4) is 0 Å². The first kappa shape index (κ1) is 23.8. The third-order valence-corrected chi connectivity index (χ3v) is 6.07. The molecule has 0 saturated carbocycles. The van der Waals surface area contributed by atoms with Crippen LogP contribution in [0.2, 0.25) is 0 Å². The van der Waals surface area contributed by atoms with Gasteiger partial charge in [-0.05, 0) is 43.3 Å². The lowest BCUT2D eigenvalue weighted by Gasteiger charge is -2.16. The number of benzene rings is 2. The Labute approximate surface area is 190 Å². The molecule has 3 N–H and O–H groups in total. The summed E-state index contributed by atoms with van der Waals surface area (Å²) in [5, 5.41) is 5.25. The molecule has 0 spiro atoms. The van der Waals surface area contributed by atoms with E-state index in [0.29, 0.717) is 16.9 Å². The van der Waals surface area contributed by atoms with E-state index in [9.17, 15) is 22.4 Å². The number of methoxy groups -OCH3 is 1. The van der Waals surface area contributed by atoms with E-state index in [2.05, 4.69) is 20.3 Å². The van der Waals surface area contributed by atoms with Gasteiger partial charge in [-0.2, -0.15) is 4.72 Å². The van der Waals surface area contributed by atoms with Crippen molar-refractivity contribution in [1.29, 1.82) is 0 Å². The van der Waals surface area contributed by atoms with E-state index < -0.39 is 38.6 Å². The number of hydrogen-bond donors (Lipinski definition) is 3. The van der Waals surface area contributed by atoms with E-state index in [1.807, 2.05) is 0 Å². The van der Waals surface area contributed by atoms with Crippen molar-refractivity contribution in [3.8, 4) is 5.75 Å². The molecule has 172 valence electrons. The van der Waals surface area contributed by atoms with Gasteiger partial charge in [0, 0.05) is 24.1 Å². The minimum atomic E-state index is -4.25. The van der Waals surface area contributed by atoms with Crippen LogP contribution in [0.5, 0.6) is 5.75 Å². The predicted octanol–water partition coefficient (Wildman–Crippen LogP) is 2.79. The number of pyridine rings is 1. The summed E-state index contributed by atoms with van der Waals surface area (Å²) in [5.41, 5.74) is 1.01. The van der Waals surface area contributed by atoms with Crippen LogP contribution in [-0.2, 0) is 14.8 Å². The summed E-state index contributed by atoms with van der Waals surface area (Å²) in [6.45, 7) is 1.33. The molecular formula is C22H21FN4O5S. The minimum absolute atomic E-state index is 0.268. The highest BCUT2D eigenvalue weighted by Gasteiger charge is 2.24. The maximum absolute atomic E-state index is 13.8. The average molecular weight is 472 g/mol. The number of carbonyl (C=O) groups is 2. The minimum Gasteiger partial charge on any atom is -0.494 e. The molecule has 3 aromatic rings. The first-order chi connectivity index (χ1) is 15.7. The molecule has 0 unspecified atom stereocenters. The SMILES string of the molecule is COc1cc(NC(=O)[C@H](C)NS(=O)(=O)c2ccccc2F)ccc1NC(=O)c1cccnc1. The van der Waals surface area contributed by atoms with Crippen molar-refractivity contribution in [3.63, 3.8) is 0 Å². The summed E-state index contributed by atoms with van der Waals surface area (Å²) in [6.07, 6.45) is 2.96. The number of anilines is 2. The van der Waals surface area contributed by atoms with Crippen LogP contribution >= 0.6 is 0 Å². The Morgan fingerprint density at radius 1 is 1.06 bits per heavy atom. The zero-order valence-electron chi connectivity index (χ0n) is 17.7. The molecule has 3 rings (SSSR count). The van der Waals surface area contributed by atoms with Crippen molar-refractivity contribution in [2.75, 3.05) is 17.7 Å². The van der Waals surface area contributed by atoms with Crippen molar-refractivity contribution in [3.05, 3.63) is 78.4 Å². The van der Waals surface area contributed by atoms with Crippen molar-refractivity contribution >= 4 is 33.2 Å². The zero-order chi connectivity index (χ0) is 24.0. The predicted molar refractivity (Wildman–Crippen MR) is 120 cm³/mol. The van der Waals surface area contributed by atoms with E-state index in [1.165, 1.54) is 50.6 Å². The number of sulfonamides is 1. The van der Waals surface area contributed by atoms with Gasteiger partial charge in [-0.1, -0.05) is 12.1 Å². The molecule has 11 heteroatoms. The van der Waals surface area contributed by atoms with Gasteiger partial charge in [-0.25, -0.2) is 12.8 Å². The number of aromatic nitrogens is 1. The molecule has 0 radical (unpaired) electrons. The summed E-state index contributed by atoms with van der Waals surface area (Å²) < 4.78 is 46.0. The van der Waals surface area contributed by atoms with Gasteiger partial charge in [0.1, 0.15) is 16.5 Å². The monoisotopic (exact) mass is 472 g/mol. The number of rotatable bonds is 8. The number of ether oxygens (including phenoxy) is 1. The maximum Gasteiger partial charge on any atom is 0.257 e. The maximum atomic E-state index is 13.8. The van der Waals surface area contributed by atoms with Gasteiger partial charge < -0.3 is 15.4 Å². The molecule has 0 saturated heterocycles. The second-order valence-electron chi connectivity index (χ2n) is 6.87. The molecular weight excluding hydrogens is 451 g/mol. The summed E-state index contributed by atoms with van der Waals surface area (Å²) >= 11 is 0. The van der Waals surface area contributed by atoms with Crippen molar-refractivity contribution in [2.45, 2.75) is 17.9 Å². The van der Waals surface area contributed by atoms with E-state index in [4.69, 9.17) is 4.74 Å². The van der Waals surface area contributed by atoms with E-state index in [-0.39, 0.29) is 5.75 Å². The van der Waals surface area contributed by atoms with Gasteiger partial charge in [-0.3, -0.25) is 14.6 Å².